The van der Waals surface area contributed by atoms with Crippen molar-refractivity contribution in [3.05, 3.63) is 259 Å². The number of benzene rings is 3. The standard InChI is InChI=1S/C22H22N4O3.C21H22N4O2.C13H18N2O.C9H5ClN2O2.C8H5ClN2O.C7H6N2.CH4/c1-2-16-14-25(11-12-26(16)21(28)15-7-4-3-5-8-15)22(29)19(27)18-13-24-20-17(18)9-6-10-23-20;1-2-16-14-24(11-12-25(16)20(26)15-7-4-3-5-8-15)21(27)18-13-23-19-17(18)9-6-10-22-19;1-2-12-10-14-8-9-15(12)13(16)11-6-4-3-5-7-11;10-8(14)7(13)6-4-12-9-5(6)2-1-3-11-9;9-7(12)6-4-11-8-5(6)2-1-3-10-8;1-2-6-3-5-9-7(6)8-4-1;/h3-10,13,16H,2,11-12,14H2,1H3,(H,23,24);3-10,13,16H,2,11-12,14H2,1H3,(H,22,23);3-7,12,14H,2,8-10H2,1H3;1-4H,(H,11,12);1-4H,(H,10,11);1-5H,(H,8,9);1H4. The molecule has 0 saturated carbocycles. The number of aromatic amines is 5. The van der Waals surface area contributed by atoms with Crippen LogP contribution in [-0.2, 0) is 9.59 Å². The van der Waals surface area contributed by atoms with Crippen molar-refractivity contribution >= 4 is 130 Å². The van der Waals surface area contributed by atoms with Crippen LogP contribution in [-0.4, -0.2) is 203 Å². The molecule has 13 heterocycles. The van der Waals surface area contributed by atoms with Gasteiger partial charge in [-0.1, -0.05) is 82.8 Å². The van der Waals surface area contributed by atoms with Crippen LogP contribution in [0.15, 0.2) is 220 Å². The number of rotatable bonds is 12. The number of nitrogens with zero attached hydrogens (tertiary/aromatic N) is 10. The van der Waals surface area contributed by atoms with E-state index in [1.807, 2.05) is 137 Å². The van der Waals surface area contributed by atoms with Crippen LogP contribution in [0.4, 0.5) is 0 Å². The summed E-state index contributed by atoms with van der Waals surface area (Å²) in [5, 5.41) is 5.87. The molecule has 5 amide bonds. The van der Waals surface area contributed by atoms with Gasteiger partial charge in [0.25, 0.3) is 45.8 Å². The van der Waals surface area contributed by atoms with E-state index in [2.05, 4.69) is 69.0 Å². The van der Waals surface area contributed by atoms with Gasteiger partial charge in [-0.3, -0.25) is 43.2 Å². The summed E-state index contributed by atoms with van der Waals surface area (Å²) < 4.78 is 0. The van der Waals surface area contributed by atoms with Crippen molar-refractivity contribution in [3.8, 4) is 0 Å². The maximum absolute atomic E-state index is 13.1. The lowest BCUT2D eigenvalue weighted by Gasteiger charge is -2.41. The molecule has 10 aromatic heterocycles. The van der Waals surface area contributed by atoms with E-state index in [1.165, 1.54) is 12.4 Å². The number of ketones is 2. The van der Waals surface area contributed by atoms with Crippen LogP contribution < -0.4 is 5.32 Å². The molecule has 0 aliphatic carbocycles. The van der Waals surface area contributed by atoms with Crippen LogP contribution in [0.2, 0.25) is 0 Å². The lowest BCUT2D eigenvalue weighted by molar-refractivity contribution is -0.129. The van der Waals surface area contributed by atoms with Gasteiger partial charge in [-0.2, -0.15) is 0 Å². The fraction of sp³-hybridized carbons (Fsp3) is 0.235. The number of carbonyl (C=O) groups is 9. The van der Waals surface area contributed by atoms with E-state index < -0.39 is 28.0 Å². The van der Waals surface area contributed by atoms with Crippen molar-refractivity contribution in [3.63, 3.8) is 0 Å². The van der Waals surface area contributed by atoms with Gasteiger partial charge in [-0.25, -0.2) is 24.9 Å². The monoisotopic (exact) mass is 1490 g/mol. The van der Waals surface area contributed by atoms with Crippen molar-refractivity contribution in [2.24, 2.45) is 0 Å². The SMILES string of the molecule is C.CCC1CN(C(=O)C(=O)c2c[nH]c3ncccc23)CCN1C(=O)c1ccccc1.CCC1CN(C(=O)c2c[nH]c3ncccc23)CCN1C(=O)c1ccccc1.CCC1CNCCN1C(=O)c1ccccc1.O=C(Cl)C(=O)c1c[nH]c2ncccc12.O=C(Cl)c1c[nH]c2ncccc12.c1cnc2[nH]ccc2c1. The van der Waals surface area contributed by atoms with Gasteiger partial charge in [-0.05, 0) is 146 Å². The molecule has 0 radical (unpaired) electrons. The Labute approximate surface area is 632 Å². The van der Waals surface area contributed by atoms with E-state index in [-0.39, 0.29) is 48.7 Å². The summed E-state index contributed by atoms with van der Waals surface area (Å²) in [5.74, 6) is -1.68. The van der Waals surface area contributed by atoms with Gasteiger partial charge in [0, 0.05) is 183 Å². The summed E-state index contributed by atoms with van der Waals surface area (Å²) in [4.78, 5) is 154. The first kappa shape index (κ1) is 78.3. The molecule has 6 N–H and O–H groups in total. The molecule has 3 aromatic carbocycles. The third kappa shape index (κ3) is 18.7. The first-order chi connectivity index (χ1) is 52.1. The Bertz CT molecular complexity index is 5230. The van der Waals surface area contributed by atoms with Gasteiger partial charge in [-0.15, -0.1) is 0 Å². The molecule has 3 atom stereocenters. The molecule has 25 nitrogen and oxygen atoms in total. The predicted molar refractivity (Wildman–Crippen MR) is 417 cm³/mol. The Kier molecular flexibility index (Phi) is 27.2. The van der Waals surface area contributed by atoms with Crippen LogP contribution in [0.3, 0.4) is 0 Å². The molecule has 554 valence electrons. The molecule has 0 spiro atoms. The van der Waals surface area contributed by atoms with Crippen molar-refractivity contribution in [1.29, 1.82) is 0 Å². The number of carbonyl (C=O) groups excluding carboxylic acids is 9. The number of pyridine rings is 5. The molecule has 3 fully saturated rings. The Morgan fingerprint density at radius 2 is 0.769 bits per heavy atom. The highest BCUT2D eigenvalue weighted by atomic mass is 35.5. The minimum absolute atomic E-state index is 0. The first-order valence-corrected chi connectivity index (χ1v) is 35.7. The lowest BCUT2D eigenvalue weighted by Crippen LogP contribution is -2.57. The minimum atomic E-state index is -0.991. The largest absolute Gasteiger partial charge is 0.346 e. The van der Waals surface area contributed by atoms with Gasteiger partial charge in [0.1, 0.15) is 28.2 Å². The van der Waals surface area contributed by atoms with Crippen molar-refractivity contribution in [2.45, 2.75) is 65.6 Å². The van der Waals surface area contributed by atoms with Gasteiger partial charge >= 0.3 is 0 Å². The normalized spacial score (nSPS) is 15.3. The number of nitrogens with one attached hydrogen (secondary N) is 6. The topological polar surface area (TPSA) is 325 Å². The maximum atomic E-state index is 13.1. The van der Waals surface area contributed by atoms with Gasteiger partial charge < -0.3 is 54.7 Å². The molecule has 27 heteroatoms. The summed E-state index contributed by atoms with van der Waals surface area (Å²) in [6.07, 6.45) is 19.0. The minimum Gasteiger partial charge on any atom is -0.346 e. The zero-order valence-corrected chi connectivity index (χ0v) is 60.4. The van der Waals surface area contributed by atoms with Gasteiger partial charge in [0.2, 0.25) is 5.78 Å². The van der Waals surface area contributed by atoms with Crippen molar-refractivity contribution in [1.82, 2.24) is 79.7 Å². The molecule has 108 heavy (non-hydrogen) atoms. The number of hydrogen-bond donors (Lipinski definition) is 6. The summed E-state index contributed by atoms with van der Waals surface area (Å²) in [5.41, 5.74) is 7.30. The molecule has 13 aromatic rings. The summed E-state index contributed by atoms with van der Waals surface area (Å²) in [6.45, 7) is 11.5. The van der Waals surface area contributed by atoms with Crippen LogP contribution in [0, 0.1) is 0 Å². The average Bonchev–Trinajstić information content (AvgIpc) is 1.48. The fourth-order valence-corrected chi connectivity index (χ4v) is 13.2. The predicted octanol–water partition coefficient (Wildman–Crippen LogP) is 12.6. The third-order valence-electron chi connectivity index (χ3n) is 18.6. The van der Waals surface area contributed by atoms with Gasteiger partial charge in [0.15, 0.2) is 0 Å². The Hall–Kier alpha value is -12.3. The van der Waals surface area contributed by atoms with E-state index >= 15 is 0 Å². The molecule has 0 bridgehead atoms. The van der Waals surface area contributed by atoms with Gasteiger partial charge in [0.05, 0.1) is 22.3 Å². The molecular weight excluding hydrogens is 1410 g/mol. The van der Waals surface area contributed by atoms with E-state index in [4.69, 9.17) is 23.2 Å². The van der Waals surface area contributed by atoms with E-state index in [0.29, 0.717) is 113 Å². The second-order valence-corrected chi connectivity index (χ2v) is 25.7. The molecule has 16 rings (SSSR count). The summed E-state index contributed by atoms with van der Waals surface area (Å²) >= 11 is 10.4. The number of amides is 5. The molecule has 3 aliphatic rings. The number of H-pyrrole nitrogens is 5. The second kappa shape index (κ2) is 37.6. The highest BCUT2D eigenvalue weighted by molar-refractivity contribution is 6.83. The molecular formula is C81H82Cl2N16O9. The maximum Gasteiger partial charge on any atom is 0.295 e. The number of aromatic nitrogens is 10. The number of Topliss-reactive ketones (excluding diaryl/α,β-unsaturated/α-hetero) is 2. The number of fused-ring (bicyclic) bond motifs is 5. The summed E-state index contributed by atoms with van der Waals surface area (Å²) in [6, 6.07) is 48.4. The van der Waals surface area contributed by atoms with E-state index in [9.17, 15) is 43.2 Å². The fourth-order valence-electron chi connectivity index (χ4n) is 12.9. The Morgan fingerprint density at radius 3 is 1.20 bits per heavy atom. The second-order valence-electron chi connectivity index (χ2n) is 25.0. The highest BCUT2D eigenvalue weighted by Crippen LogP contribution is 2.26. The smallest absolute Gasteiger partial charge is 0.295 e. The molecule has 3 unspecified atom stereocenters. The van der Waals surface area contributed by atoms with Crippen LogP contribution in [0.1, 0.15) is 120 Å². The number of hydrogen-bond acceptors (Lipinski definition) is 15. The molecule has 3 aliphatic heterocycles. The highest BCUT2D eigenvalue weighted by Gasteiger charge is 2.36. The van der Waals surface area contributed by atoms with E-state index in [0.717, 1.165) is 59.8 Å². The van der Waals surface area contributed by atoms with Crippen molar-refractivity contribution < 1.29 is 43.2 Å². The molecule has 3 saturated heterocycles. The van der Waals surface area contributed by atoms with Crippen LogP contribution in [0.25, 0.3) is 55.2 Å². The zero-order valence-electron chi connectivity index (χ0n) is 58.9. The summed E-state index contributed by atoms with van der Waals surface area (Å²) in [7, 11) is 0. The first-order valence-electron chi connectivity index (χ1n) is 35.0. The Morgan fingerprint density at radius 1 is 0.389 bits per heavy atom. The number of piperazine rings is 3. The Balaban J connectivity index is 0.000000144. The quantitative estimate of drug-likeness (QED) is 0.0376. The lowest BCUT2D eigenvalue weighted by atomic mass is 10.0. The van der Waals surface area contributed by atoms with Crippen LogP contribution >= 0.6 is 23.2 Å². The number of halogens is 2. The van der Waals surface area contributed by atoms with Crippen molar-refractivity contribution in [2.75, 3.05) is 58.9 Å². The van der Waals surface area contributed by atoms with E-state index in [1.54, 1.807) is 102 Å². The zero-order chi connectivity index (χ0) is 75.3. The third-order valence-corrected chi connectivity index (χ3v) is 19.0. The van der Waals surface area contributed by atoms with Crippen LogP contribution in [0.5, 0.6) is 0 Å². The average molecular weight is 1490 g/mol.